The van der Waals surface area contributed by atoms with Crippen molar-refractivity contribution in [1.82, 2.24) is 0 Å². The zero-order chi connectivity index (χ0) is 13.0. The van der Waals surface area contributed by atoms with Gasteiger partial charge in [0.15, 0.2) is 0 Å². The van der Waals surface area contributed by atoms with Crippen LogP contribution in [0.15, 0.2) is 59.1 Å². The van der Waals surface area contributed by atoms with Crippen LogP contribution in [0.2, 0.25) is 0 Å². The van der Waals surface area contributed by atoms with Crippen molar-refractivity contribution in [2.45, 2.75) is 6.92 Å². The first kappa shape index (κ1) is 13.1. The first-order valence-electron chi connectivity index (χ1n) is 5.94. The van der Waals surface area contributed by atoms with Crippen molar-refractivity contribution in [1.29, 1.82) is 0 Å². The summed E-state index contributed by atoms with van der Waals surface area (Å²) in [5.74, 6) is 0. The molecule has 0 spiro atoms. The summed E-state index contributed by atoms with van der Waals surface area (Å²) in [5, 5.41) is 0. The lowest BCUT2D eigenvalue weighted by Crippen LogP contribution is -1.95. The van der Waals surface area contributed by atoms with Crippen LogP contribution in [0.25, 0.3) is 16.7 Å². The normalized spacial score (nSPS) is 11.6. The predicted octanol–water partition coefficient (Wildman–Crippen LogP) is 4.48. The van der Waals surface area contributed by atoms with Crippen molar-refractivity contribution in [2.75, 3.05) is 6.54 Å². The highest BCUT2D eigenvalue weighted by molar-refractivity contribution is 9.10. The Labute approximate surface area is 116 Å². The van der Waals surface area contributed by atoms with Gasteiger partial charge in [0, 0.05) is 11.0 Å². The number of benzene rings is 2. The number of hydrogen-bond donors (Lipinski definition) is 1. The average molecular weight is 302 g/mol. The lowest BCUT2D eigenvalue weighted by molar-refractivity contribution is 1.25. The van der Waals surface area contributed by atoms with E-state index in [9.17, 15) is 0 Å². The van der Waals surface area contributed by atoms with Crippen LogP contribution in [-0.4, -0.2) is 6.54 Å². The average Bonchev–Trinajstić information content (AvgIpc) is 2.40. The molecule has 2 rings (SSSR count). The Morgan fingerprint density at radius 1 is 1.11 bits per heavy atom. The summed E-state index contributed by atoms with van der Waals surface area (Å²) in [6.45, 7) is 2.65. The molecule has 18 heavy (non-hydrogen) atoms. The molecule has 92 valence electrons. The van der Waals surface area contributed by atoms with Gasteiger partial charge in [0.1, 0.15) is 0 Å². The highest BCUT2D eigenvalue weighted by Gasteiger charge is 2.04. The maximum atomic E-state index is 5.55. The van der Waals surface area contributed by atoms with Gasteiger partial charge in [0.2, 0.25) is 0 Å². The van der Waals surface area contributed by atoms with E-state index in [1.54, 1.807) is 0 Å². The van der Waals surface area contributed by atoms with Crippen molar-refractivity contribution in [3.63, 3.8) is 0 Å². The fourth-order valence-corrected chi connectivity index (χ4v) is 2.62. The third-order valence-electron chi connectivity index (χ3n) is 2.93. The minimum absolute atomic E-state index is 0.568. The fraction of sp³-hybridized carbons (Fsp3) is 0.125. The Kier molecular flexibility index (Phi) is 4.34. The molecule has 0 bridgehead atoms. The molecule has 2 N–H and O–H groups in total. The van der Waals surface area contributed by atoms with Gasteiger partial charge in [0.25, 0.3) is 0 Å². The minimum atomic E-state index is 0.568. The molecule has 2 heteroatoms. The summed E-state index contributed by atoms with van der Waals surface area (Å²) in [5.41, 5.74) is 10.4. The van der Waals surface area contributed by atoms with Crippen molar-refractivity contribution in [3.05, 3.63) is 64.6 Å². The summed E-state index contributed by atoms with van der Waals surface area (Å²) in [6.07, 6.45) is 2.03. The van der Waals surface area contributed by atoms with Gasteiger partial charge in [-0.2, -0.15) is 0 Å². The number of nitrogens with two attached hydrogens (primary N) is 1. The predicted molar refractivity (Wildman–Crippen MR) is 82.3 cm³/mol. The molecule has 0 aromatic heterocycles. The zero-order valence-corrected chi connectivity index (χ0v) is 11.9. The number of hydrogen-bond acceptors (Lipinski definition) is 1. The van der Waals surface area contributed by atoms with E-state index in [0.717, 1.165) is 4.47 Å². The minimum Gasteiger partial charge on any atom is -0.327 e. The lowest BCUT2D eigenvalue weighted by Gasteiger charge is -2.08. The smallest absolute Gasteiger partial charge is 0.0256 e. The van der Waals surface area contributed by atoms with Crippen molar-refractivity contribution in [3.8, 4) is 11.1 Å². The van der Waals surface area contributed by atoms with Crippen molar-refractivity contribution in [2.24, 2.45) is 5.73 Å². The van der Waals surface area contributed by atoms with E-state index in [-0.39, 0.29) is 0 Å². The van der Waals surface area contributed by atoms with Crippen LogP contribution in [0.1, 0.15) is 12.5 Å². The van der Waals surface area contributed by atoms with Crippen LogP contribution in [0.3, 0.4) is 0 Å². The van der Waals surface area contributed by atoms with Gasteiger partial charge < -0.3 is 5.73 Å². The molecular weight excluding hydrogens is 286 g/mol. The van der Waals surface area contributed by atoms with E-state index < -0.39 is 0 Å². The van der Waals surface area contributed by atoms with Gasteiger partial charge in [0.05, 0.1) is 0 Å². The second-order valence-electron chi connectivity index (χ2n) is 4.18. The van der Waals surface area contributed by atoms with E-state index in [4.69, 9.17) is 5.73 Å². The second kappa shape index (κ2) is 5.98. The standard InChI is InChI=1S/C16H16BrN/c1-12(9-10-18)15-8-7-14(11-16(15)17)13-5-3-2-4-6-13/h2-9,11H,10,18H2,1H3. The van der Waals surface area contributed by atoms with Gasteiger partial charge >= 0.3 is 0 Å². The maximum absolute atomic E-state index is 5.55. The zero-order valence-electron chi connectivity index (χ0n) is 10.4. The molecule has 2 aromatic rings. The SMILES string of the molecule is CC(=CCN)c1ccc(-c2ccccc2)cc1Br. The Morgan fingerprint density at radius 3 is 2.44 bits per heavy atom. The van der Waals surface area contributed by atoms with Crippen LogP contribution in [0, 0.1) is 0 Å². The monoisotopic (exact) mass is 301 g/mol. The molecule has 0 aliphatic carbocycles. The summed E-state index contributed by atoms with van der Waals surface area (Å²) in [4.78, 5) is 0. The van der Waals surface area contributed by atoms with Gasteiger partial charge in [-0.1, -0.05) is 64.5 Å². The molecule has 2 aromatic carbocycles. The Morgan fingerprint density at radius 2 is 1.83 bits per heavy atom. The molecule has 0 amide bonds. The van der Waals surface area contributed by atoms with Crippen LogP contribution >= 0.6 is 15.9 Å². The molecule has 0 atom stereocenters. The van der Waals surface area contributed by atoms with Gasteiger partial charge in [-0.3, -0.25) is 0 Å². The Hall–Kier alpha value is -1.38. The Balaban J connectivity index is 2.40. The first-order chi connectivity index (χ1) is 8.72. The van der Waals surface area contributed by atoms with E-state index in [1.807, 2.05) is 12.1 Å². The van der Waals surface area contributed by atoms with Gasteiger partial charge in [-0.15, -0.1) is 0 Å². The quantitative estimate of drug-likeness (QED) is 0.889. The molecule has 0 radical (unpaired) electrons. The molecule has 0 heterocycles. The molecule has 0 saturated heterocycles. The maximum Gasteiger partial charge on any atom is 0.0256 e. The first-order valence-corrected chi connectivity index (χ1v) is 6.74. The van der Waals surface area contributed by atoms with Gasteiger partial charge in [-0.05, 0) is 35.3 Å². The summed E-state index contributed by atoms with van der Waals surface area (Å²) in [7, 11) is 0. The molecule has 0 aliphatic heterocycles. The van der Waals surface area contributed by atoms with Gasteiger partial charge in [-0.25, -0.2) is 0 Å². The Bertz CT molecular complexity index is 559. The highest BCUT2D eigenvalue weighted by atomic mass is 79.9. The van der Waals surface area contributed by atoms with Crippen molar-refractivity contribution >= 4 is 21.5 Å². The number of halogens is 1. The van der Waals surface area contributed by atoms with Crippen LogP contribution in [-0.2, 0) is 0 Å². The third kappa shape index (κ3) is 2.89. The van der Waals surface area contributed by atoms with E-state index in [0.29, 0.717) is 6.54 Å². The van der Waals surface area contributed by atoms with E-state index in [1.165, 1.54) is 22.3 Å². The molecule has 0 aliphatic rings. The number of rotatable bonds is 3. The summed E-state index contributed by atoms with van der Waals surface area (Å²) in [6, 6.07) is 16.8. The fourth-order valence-electron chi connectivity index (χ4n) is 1.93. The third-order valence-corrected chi connectivity index (χ3v) is 3.58. The van der Waals surface area contributed by atoms with Crippen LogP contribution in [0.4, 0.5) is 0 Å². The highest BCUT2D eigenvalue weighted by Crippen LogP contribution is 2.29. The lowest BCUT2D eigenvalue weighted by atomic mass is 10.0. The molecular formula is C16H16BrN. The summed E-state index contributed by atoms with van der Waals surface area (Å²) >= 11 is 3.63. The van der Waals surface area contributed by atoms with Crippen LogP contribution < -0.4 is 5.73 Å². The molecule has 1 nitrogen and oxygen atoms in total. The molecule has 0 fully saturated rings. The second-order valence-corrected chi connectivity index (χ2v) is 5.04. The topological polar surface area (TPSA) is 26.0 Å². The summed E-state index contributed by atoms with van der Waals surface area (Å²) < 4.78 is 1.10. The van der Waals surface area contributed by atoms with E-state index >= 15 is 0 Å². The molecule has 0 saturated carbocycles. The number of allylic oxidation sites excluding steroid dienone is 1. The van der Waals surface area contributed by atoms with E-state index in [2.05, 4.69) is 65.3 Å². The van der Waals surface area contributed by atoms with Crippen molar-refractivity contribution < 1.29 is 0 Å². The van der Waals surface area contributed by atoms with Crippen LogP contribution in [0.5, 0.6) is 0 Å². The largest absolute Gasteiger partial charge is 0.327 e. The molecule has 0 unspecified atom stereocenters.